The fraction of sp³-hybridized carbons (Fsp3) is 0.538. The minimum Gasteiger partial charge on any atom is -0.347 e. The Bertz CT molecular complexity index is 428. The van der Waals surface area contributed by atoms with Crippen LogP contribution in [0.2, 0.25) is 5.02 Å². The van der Waals surface area contributed by atoms with E-state index in [0.29, 0.717) is 16.5 Å². The third-order valence-electron chi connectivity index (χ3n) is 3.53. The zero-order valence-electron chi connectivity index (χ0n) is 10.6. The first-order valence-corrected chi connectivity index (χ1v) is 6.61. The molecule has 2 rings (SSSR count). The summed E-state index contributed by atoms with van der Waals surface area (Å²) < 4.78 is 0. The molecule has 0 radical (unpaired) electrons. The highest BCUT2D eigenvalue weighted by molar-refractivity contribution is 6.33. The molecule has 4 nitrogen and oxygen atoms in total. The lowest BCUT2D eigenvalue weighted by Gasteiger charge is -2.36. The molecule has 3 atom stereocenters. The Morgan fingerprint density at radius 1 is 1.56 bits per heavy atom. The van der Waals surface area contributed by atoms with Crippen molar-refractivity contribution in [1.29, 1.82) is 0 Å². The molecule has 1 aliphatic heterocycles. The molecule has 0 saturated carbocycles. The normalized spacial score (nSPS) is 27.8. The van der Waals surface area contributed by atoms with Crippen molar-refractivity contribution in [2.45, 2.75) is 32.4 Å². The number of carbonyl (C=O) groups excluding carboxylic acids is 1. The monoisotopic (exact) mass is 267 g/mol. The van der Waals surface area contributed by atoms with Crippen molar-refractivity contribution in [3.05, 3.63) is 29.0 Å². The third-order valence-corrected chi connectivity index (χ3v) is 3.83. The van der Waals surface area contributed by atoms with Crippen LogP contribution in [-0.4, -0.2) is 29.5 Å². The molecule has 1 saturated heterocycles. The van der Waals surface area contributed by atoms with Crippen LogP contribution in [0.15, 0.2) is 18.5 Å². The molecule has 0 bridgehead atoms. The maximum Gasteiger partial charge on any atom is 0.253 e. The van der Waals surface area contributed by atoms with Gasteiger partial charge in [0, 0.05) is 24.5 Å². The number of hydrogen-bond donors (Lipinski definition) is 2. The van der Waals surface area contributed by atoms with Crippen LogP contribution in [0.25, 0.3) is 0 Å². The van der Waals surface area contributed by atoms with Crippen LogP contribution in [0, 0.1) is 5.92 Å². The summed E-state index contributed by atoms with van der Waals surface area (Å²) in [6.07, 6.45) is 4.13. The van der Waals surface area contributed by atoms with Crippen LogP contribution in [0.5, 0.6) is 0 Å². The summed E-state index contributed by atoms with van der Waals surface area (Å²) in [7, 11) is 0. The van der Waals surface area contributed by atoms with Crippen LogP contribution < -0.4 is 10.6 Å². The smallest absolute Gasteiger partial charge is 0.253 e. The Morgan fingerprint density at radius 2 is 2.33 bits per heavy atom. The second kappa shape index (κ2) is 5.67. The molecular formula is C13H18ClN3O. The molecule has 18 heavy (non-hydrogen) atoms. The molecule has 1 aromatic rings. The van der Waals surface area contributed by atoms with E-state index in [-0.39, 0.29) is 18.0 Å². The van der Waals surface area contributed by atoms with Crippen LogP contribution in [-0.2, 0) is 0 Å². The van der Waals surface area contributed by atoms with E-state index < -0.39 is 0 Å². The van der Waals surface area contributed by atoms with E-state index in [0.717, 1.165) is 13.0 Å². The predicted octanol–water partition coefficient (Wildman–Crippen LogP) is 1.85. The number of aromatic nitrogens is 1. The minimum atomic E-state index is -0.130. The largest absolute Gasteiger partial charge is 0.347 e. The molecule has 2 N–H and O–H groups in total. The Kier molecular flexibility index (Phi) is 4.19. The summed E-state index contributed by atoms with van der Waals surface area (Å²) >= 11 is 5.97. The summed E-state index contributed by atoms with van der Waals surface area (Å²) in [6, 6.07) is 2.05. The molecule has 1 amide bonds. The number of piperidine rings is 1. The van der Waals surface area contributed by atoms with Gasteiger partial charge in [0.2, 0.25) is 0 Å². The minimum absolute atomic E-state index is 0.130. The summed E-state index contributed by atoms with van der Waals surface area (Å²) in [5.74, 6) is 0.334. The quantitative estimate of drug-likeness (QED) is 0.860. The van der Waals surface area contributed by atoms with Gasteiger partial charge in [-0.1, -0.05) is 18.5 Å². The van der Waals surface area contributed by atoms with Gasteiger partial charge in [0.25, 0.3) is 5.91 Å². The molecule has 5 heteroatoms. The first-order chi connectivity index (χ1) is 8.59. The summed E-state index contributed by atoms with van der Waals surface area (Å²) in [5.41, 5.74) is 0.483. The number of halogens is 1. The lowest BCUT2D eigenvalue weighted by molar-refractivity contribution is 0.0897. The van der Waals surface area contributed by atoms with E-state index in [1.807, 2.05) is 0 Å². The Hall–Kier alpha value is -1.13. The number of rotatable bonds is 2. The van der Waals surface area contributed by atoms with Crippen molar-refractivity contribution in [1.82, 2.24) is 15.6 Å². The second-order valence-corrected chi connectivity index (χ2v) is 5.27. The Morgan fingerprint density at radius 3 is 3.00 bits per heavy atom. The molecule has 1 aromatic heterocycles. The van der Waals surface area contributed by atoms with Crippen LogP contribution in [0.1, 0.15) is 30.6 Å². The molecule has 2 heterocycles. The highest BCUT2D eigenvalue weighted by Crippen LogP contribution is 2.18. The molecule has 98 valence electrons. The summed E-state index contributed by atoms with van der Waals surface area (Å²) in [4.78, 5) is 16.1. The van der Waals surface area contributed by atoms with E-state index in [1.165, 1.54) is 6.20 Å². The highest BCUT2D eigenvalue weighted by Gasteiger charge is 2.29. The van der Waals surface area contributed by atoms with Crippen molar-refractivity contribution >= 4 is 17.5 Å². The van der Waals surface area contributed by atoms with E-state index in [2.05, 4.69) is 29.5 Å². The zero-order chi connectivity index (χ0) is 13.1. The van der Waals surface area contributed by atoms with E-state index >= 15 is 0 Å². The van der Waals surface area contributed by atoms with E-state index in [4.69, 9.17) is 11.6 Å². The summed E-state index contributed by atoms with van der Waals surface area (Å²) in [5, 5.41) is 6.82. The topological polar surface area (TPSA) is 54.0 Å². The van der Waals surface area contributed by atoms with E-state index in [9.17, 15) is 4.79 Å². The van der Waals surface area contributed by atoms with Gasteiger partial charge in [-0.25, -0.2) is 0 Å². The van der Waals surface area contributed by atoms with Gasteiger partial charge in [-0.2, -0.15) is 0 Å². The van der Waals surface area contributed by atoms with Gasteiger partial charge in [0.05, 0.1) is 10.6 Å². The fourth-order valence-electron chi connectivity index (χ4n) is 2.39. The van der Waals surface area contributed by atoms with Crippen LogP contribution in [0.4, 0.5) is 0 Å². The van der Waals surface area contributed by atoms with Gasteiger partial charge in [0.15, 0.2) is 0 Å². The van der Waals surface area contributed by atoms with Crippen LogP contribution >= 0.6 is 11.6 Å². The van der Waals surface area contributed by atoms with Gasteiger partial charge in [-0.05, 0) is 31.9 Å². The van der Waals surface area contributed by atoms with Gasteiger partial charge in [0.1, 0.15) is 0 Å². The Balaban J connectivity index is 2.09. The average molecular weight is 268 g/mol. The average Bonchev–Trinajstić information content (AvgIpc) is 2.34. The Labute approximate surface area is 112 Å². The maximum absolute atomic E-state index is 12.2. The molecule has 1 aliphatic rings. The third kappa shape index (κ3) is 2.82. The number of hydrogen-bond acceptors (Lipinski definition) is 3. The van der Waals surface area contributed by atoms with Gasteiger partial charge < -0.3 is 10.6 Å². The molecule has 0 aliphatic carbocycles. The lowest BCUT2D eigenvalue weighted by atomic mass is 9.89. The number of amides is 1. The standard InChI is InChI=1S/C13H18ClN3O/c1-8-3-6-16-9(2)12(8)17-13(18)10-4-5-15-7-11(10)14/h4-5,7-9,12,16H,3,6H2,1-2H3,(H,17,18). The highest BCUT2D eigenvalue weighted by atomic mass is 35.5. The zero-order valence-corrected chi connectivity index (χ0v) is 11.4. The summed E-state index contributed by atoms with van der Waals surface area (Å²) in [6.45, 7) is 5.26. The van der Waals surface area contributed by atoms with Gasteiger partial charge in [-0.15, -0.1) is 0 Å². The number of pyridine rings is 1. The van der Waals surface area contributed by atoms with Gasteiger partial charge >= 0.3 is 0 Å². The predicted molar refractivity (Wildman–Crippen MR) is 71.7 cm³/mol. The number of carbonyl (C=O) groups is 1. The van der Waals surface area contributed by atoms with Crippen molar-refractivity contribution in [3.8, 4) is 0 Å². The van der Waals surface area contributed by atoms with Gasteiger partial charge in [-0.3, -0.25) is 9.78 Å². The van der Waals surface area contributed by atoms with Crippen molar-refractivity contribution in [2.75, 3.05) is 6.54 Å². The molecule has 3 unspecified atom stereocenters. The molecule has 0 spiro atoms. The van der Waals surface area contributed by atoms with Crippen molar-refractivity contribution in [2.24, 2.45) is 5.92 Å². The molecule has 0 aromatic carbocycles. The molecular weight excluding hydrogens is 250 g/mol. The molecule has 1 fully saturated rings. The SMILES string of the molecule is CC1CCNC(C)C1NC(=O)c1ccncc1Cl. The van der Waals surface area contributed by atoms with Crippen LogP contribution in [0.3, 0.4) is 0 Å². The first kappa shape index (κ1) is 13.3. The first-order valence-electron chi connectivity index (χ1n) is 6.23. The van der Waals surface area contributed by atoms with E-state index in [1.54, 1.807) is 12.3 Å². The fourth-order valence-corrected chi connectivity index (χ4v) is 2.60. The van der Waals surface area contributed by atoms with Crippen molar-refractivity contribution < 1.29 is 4.79 Å². The maximum atomic E-state index is 12.2. The van der Waals surface area contributed by atoms with Crippen molar-refractivity contribution in [3.63, 3.8) is 0 Å². The lowest BCUT2D eigenvalue weighted by Crippen LogP contribution is -2.55. The number of nitrogens with zero attached hydrogens (tertiary/aromatic N) is 1. The second-order valence-electron chi connectivity index (χ2n) is 4.86. The number of nitrogens with one attached hydrogen (secondary N) is 2.